The molecular formula is C10H14N2O3. The van der Waals surface area contributed by atoms with Crippen LogP contribution in [-0.4, -0.2) is 29.6 Å². The molecular weight excluding hydrogens is 196 g/mol. The Balaban J connectivity index is 2.99. The molecule has 0 fully saturated rings. The zero-order chi connectivity index (χ0) is 11.3. The van der Waals surface area contributed by atoms with Crippen LogP contribution >= 0.6 is 0 Å². The van der Waals surface area contributed by atoms with Gasteiger partial charge < -0.3 is 4.74 Å². The summed E-state index contributed by atoms with van der Waals surface area (Å²) in [5.74, 6) is -0.509. The smallest absolute Gasteiger partial charge is 0.358 e. The summed E-state index contributed by atoms with van der Waals surface area (Å²) in [5, 5.41) is 6.31. The van der Waals surface area contributed by atoms with Gasteiger partial charge in [-0.05, 0) is 12.8 Å². The van der Waals surface area contributed by atoms with Gasteiger partial charge in [0.05, 0.1) is 7.11 Å². The van der Waals surface area contributed by atoms with Gasteiger partial charge in [0, 0.05) is 5.56 Å². The number of nitrogens with zero attached hydrogens (tertiary/aromatic N) is 1. The van der Waals surface area contributed by atoms with E-state index in [2.05, 4.69) is 14.9 Å². The van der Waals surface area contributed by atoms with Crippen LogP contribution in [0.3, 0.4) is 0 Å². The van der Waals surface area contributed by atoms with Crippen molar-refractivity contribution in [3.63, 3.8) is 0 Å². The van der Waals surface area contributed by atoms with Crippen molar-refractivity contribution in [1.29, 1.82) is 0 Å². The Morgan fingerprint density at radius 1 is 1.60 bits per heavy atom. The van der Waals surface area contributed by atoms with E-state index in [1.165, 1.54) is 7.11 Å². The van der Waals surface area contributed by atoms with Crippen molar-refractivity contribution in [1.82, 2.24) is 10.2 Å². The quantitative estimate of drug-likeness (QED) is 0.588. The summed E-state index contributed by atoms with van der Waals surface area (Å²) in [6, 6.07) is 0. The van der Waals surface area contributed by atoms with Gasteiger partial charge in [-0.15, -0.1) is 0 Å². The van der Waals surface area contributed by atoms with Crippen LogP contribution < -0.4 is 0 Å². The first-order chi connectivity index (χ1) is 7.24. The van der Waals surface area contributed by atoms with Crippen LogP contribution in [0.15, 0.2) is 0 Å². The minimum Gasteiger partial charge on any atom is -0.464 e. The van der Waals surface area contributed by atoms with Gasteiger partial charge in [0.2, 0.25) is 0 Å². The van der Waals surface area contributed by atoms with Crippen molar-refractivity contribution in [2.45, 2.75) is 26.2 Å². The molecule has 0 amide bonds. The number of aromatic amines is 1. The molecule has 82 valence electrons. The third-order valence-corrected chi connectivity index (χ3v) is 2.18. The van der Waals surface area contributed by atoms with Gasteiger partial charge in [0.15, 0.2) is 12.0 Å². The predicted molar refractivity (Wildman–Crippen MR) is 53.9 cm³/mol. The molecule has 1 aromatic rings. The molecule has 1 N–H and O–H groups in total. The van der Waals surface area contributed by atoms with Crippen LogP contribution in [0.4, 0.5) is 0 Å². The summed E-state index contributed by atoms with van der Waals surface area (Å²) in [7, 11) is 1.29. The number of carbonyl (C=O) groups is 2. The third-order valence-electron chi connectivity index (χ3n) is 2.18. The van der Waals surface area contributed by atoms with E-state index in [9.17, 15) is 9.59 Å². The van der Waals surface area contributed by atoms with Crippen molar-refractivity contribution in [2.24, 2.45) is 0 Å². The Morgan fingerprint density at radius 3 is 2.87 bits per heavy atom. The maximum atomic E-state index is 11.3. The number of aromatic nitrogens is 2. The summed E-state index contributed by atoms with van der Waals surface area (Å²) < 4.78 is 4.58. The van der Waals surface area contributed by atoms with E-state index in [1.54, 1.807) is 0 Å². The Morgan fingerprint density at radius 2 is 2.33 bits per heavy atom. The Bertz CT molecular complexity index is 358. The SMILES string of the molecule is CCCCc1c(C(=O)OC)n[nH]c1C=O. The van der Waals surface area contributed by atoms with Crippen LogP contribution in [0.2, 0.25) is 0 Å². The number of rotatable bonds is 5. The molecule has 0 aliphatic rings. The molecule has 15 heavy (non-hydrogen) atoms. The lowest BCUT2D eigenvalue weighted by Gasteiger charge is -2.00. The molecule has 0 aliphatic heterocycles. The number of aldehydes is 1. The summed E-state index contributed by atoms with van der Waals surface area (Å²) >= 11 is 0. The molecule has 0 aliphatic carbocycles. The fourth-order valence-electron chi connectivity index (χ4n) is 1.35. The number of hydrogen-bond acceptors (Lipinski definition) is 4. The second kappa shape index (κ2) is 5.29. The van der Waals surface area contributed by atoms with Gasteiger partial charge in [-0.25, -0.2) is 4.79 Å². The average Bonchev–Trinajstić information content (AvgIpc) is 2.67. The molecule has 0 saturated heterocycles. The van der Waals surface area contributed by atoms with Crippen molar-refractivity contribution >= 4 is 12.3 Å². The van der Waals surface area contributed by atoms with E-state index >= 15 is 0 Å². The Labute approximate surface area is 87.8 Å². The van der Waals surface area contributed by atoms with E-state index < -0.39 is 5.97 Å². The van der Waals surface area contributed by atoms with E-state index in [1.807, 2.05) is 6.92 Å². The highest BCUT2D eigenvalue weighted by Crippen LogP contribution is 2.14. The van der Waals surface area contributed by atoms with Crippen LogP contribution in [0.1, 0.15) is 46.3 Å². The second-order valence-corrected chi connectivity index (χ2v) is 3.18. The summed E-state index contributed by atoms with van der Waals surface area (Å²) in [4.78, 5) is 22.0. The molecule has 0 radical (unpaired) electrons. The molecule has 5 heteroatoms. The highest BCUT2D eigenvalue weighted by Gasteiger charge is 2.18. The highest BCUT2D eigenvalue weighted by molar-refractivity contribution is 5.91. The predicted octanol–water partition coefficient (Wildman–Crippen LogP) is 1.35. The Kier molecular flexibility index (Phi) is 4.03. The van der Waals surface area contributed by atoms with Crippen LogP contribution in [0.25, 0.3) is 0 Å². The van der Waals surface area contributed by atoms with Gasteiger partial charge in [-0.1, -0.05) is 13.3 Å². The monoisotopic (exact) mass is 210 g/mol. The first-order valence-corrected chi connectivity index (χ1v) is 4.85. The van der Waals surface area contributed by atoms with E-state index in [0.717, 1.165) is 12.8 Å². The largest absolute Gasteiger partial charge is 0.464 e. The maximum Gasteiger partial charge on any atom is 0.358 e. The van der Waals surface area contributed by atoms with Gasteiger partial charge in [0.25, 0.3) is 0 Å². The molecule has 0 saturated carbocycles. The van der Waals surface area contributed by atoms with Crippen LogP contribution in [0, 0.1) is 0 Å². The lowest BCUT2D eigenvalue weighted by atomic mass is 10.1. The van der Waals surface area contributed by atoms with Crippen molar-refractivity contribution in [3.05, 3.63) is 17.0 Å². The van der Waals surface area contributed by atoms with Gasteiger partial charge in [-0.3, -0.25) is 9.89 Å². The highest BCUT2D eigenvalue weighted by atomic mass is 16.5. The number of methoxy groups -OCH3 is 1. The van der Waals surface area contributed by atoms with Gasteiger partial charge in [0.1, 0.15) is 5.69 Å². The lowest BCUT2D eigenvalue weighted by Crippen LogP contribution is -2.06. The molecule has 0 aromatic carbocycles. The van der Waals surface area contributed by atoms with E-state index in [-0.39, 0.29) is 5.69 Å². The molecule has 1 aromatic heterocycles. The standard InChI is InChI=1S/C10H14N2O3/c1-3-4-5-7-8(6-13)11-12-9(7)10(14)15-2/h6H,3-5H2,1-2H3,(H,11,12). The molecule has 5 nitrogen and oxygen atoms in total. The summed E-state index contributed by atoms with van der Waals surface area (Å²) in [6.07, 6.45) is 3.23. The number of esters is 1. The third kappa shape index (κ3) is 2.43. The molecule has 1 heterocycles. The molecule has 0 unspecified atom stereocenters. The first kappa shape index (κ1) is 11.4. The number of ether oxygens (including phenoxy) is 1. The van der Waals surface area contributed by atoms with Crippen LogP contribution in [-0.2, 0) is 11.2 Å². The van der Waals surface area contributed by atoms with Crippen LogP contribution in [0.5, 0.6) is 0 Å². The van der Waals surface area contributed by atoms with E-state index in [4.69, 9.17) is 0 Å². The fraction of sp³-hybridized carbons (Fsp3) is 0.500. The van der Waals surface area contributed by atoms with Crippen molar-refractivity contribution < 1.29 is 14.3 Å². The minimum atomic E-state index is -0.509. The number of unbranched alkanes of at least 4 members (excludes halogenated alkanes) is 1. The second-order valence-electron chi connectivity index (χ2n) is 3.18. The Hall–Kier alpha value is -1.65. The average molecular weight is 210 g/mol. The zero-order valence-electron chi connectivity index (χ0n) is 8.87. The maximum absolute atomic E-state index is 11.3. The number of hydrogen-bond donors (Lipinski definition) is 1. The van der Waals surface area contributed by atoms with Gasteiger partial charge >= 0.3 is 5.97 Å². The summed E-state index contributed by atoms with van der Waals surface area (Å²) in [5.41, 5.74) is 1.23. The number of carbonyl (C=O) groups excluding carboxylic acids is 2. The summed E-state index contributed by atoms with van der Waals surface area (Å²) in [6.45, 7) is 2.04. The normalized spacial score (nSPS) is 10.0. The molecule has 0 bridgehead atoms. The van der Waals surface area contributed by atoms with Crippen molar-refractivity contribution in [2.75, 3.05) is 7.11 Å². The first-order valence-electron chi connectivity index (χ1n) is 4.85. The molecule has 0 atom stereocenters. The molecule has 1 rings (SSSR count). The zero-order valence-corrected chi connectivity index (χ0v) is 8.87. The van der Waals surface area contributed by atoms with Gasteiger partial charge in [-0.2, -0.15) is 5.10 Å². The lowest BCUT2D eigenvalue weighted by molar-refractivity contribution is 0.0592. The number of H-pyrrole nitrogens is 1. The fourth-order valence-corrected chi connectivity index (χ4v) is 1.35. The molecule has 0 spiro atoms. The topological polar surface area (TPSA) is 72.0 Å². The van der Waals surface area contributed by atoms with E-state index in [0.29, 0.717) is 24.0 Å². The van der Waals surface area contributed by atoms with Crippen molar-refractivity contribution in [3.8, 4) is 0 Å². The minimum absolute atomic E-state index is 0.216. The number of nitrogens with one attached hydrogen (secondary N) is 1.